The first-order valence-corrected chi connectivity index (χ1v) is 9.93. The van der Waals surface area contributed by atoms with E-state index in [4.69, 9.17) is 0 Å². The fourth-order valence-electron chi connectivity index (χ4n) is 2.31. The third kappa shape index (κ3) is 7.40. The third-order valence-electron chi connectivity index (χ3n) is 3.94. The minimum absolute atomic E-state index is 0.0674. The van der Waals surface area contributed by atoms with Gasteiger partial charge in [-0.25, -0.2) is 8.42 Å². The molecule has 0 atom stereocenters. The Morgan fingerprint density at radius 3 is 2.29 bits per heavy atom. The van der Waals surface area contributed by atoms with E-state index in [1.54, 1.807) is 6.21 Å². The Hall–Kier alpha value is -1.47. The highest BCUT2D eigenvalue weighted by Crippen LogP contribution is 2.24. The van der Waals surface area contributed by atoms with E-state index in [-0.39, 0.29) is 11.3 Å². The van der Waals surface area contributed by atoms with E-state index < -0.39 is 15.9 Å². The van der Waals surface area contributed by atoms with Gasteiger partial charge in [0, 0.05) is 29.8 Å². The van der Waals surface area contributed by atoms with Crippen molar-refractivity contribution in [2.24, 2.45) is 16.3 Å². The van der Waals surface area contributed by atoms with Gasteiger partial charge in [0.15, 0.2) is 0 Å². The first-order valence-electron chi connectivity index (χ1n) is 8.03. The number of nitrogens with zero attached hydrogens (tertiary/aromatic N) is 2. The Labute approximate surface area is 145 Å². The maximum Gasteiger partial charge on any atom is 0.236 e. The molecule has 1 aliphatic rings. The lowest BCUT2D eigenvalue weighted by molar-refractivity contribution is -0.124. The van der Waals surface area contributed by atoms with E-state index in [0.29, 0.717) is 19.4 Å². The van der Waals surface area contributed by atoms with Crippen molar-refractivity contribution in [1.82, 2.24) is 9.62 Å². The van der Waals surface area contributed by atoms with Crippen molar-refractivity contribution in [2.75, 3.05) is 25.9 Å². The van der Waals surface area contributed by atoms with Crippen molar-refractivity contribution in [3.05, 3.63) is 24.4 Å². The summed E-state index contributed by atoms with van der Waals surface area (Å²) in [6.07, 6.45) is 4.02. The highest BCUT2D eigenvalue weighted by molar-refractivity contribution is 7.89. The highest BCUT2D eigenvalue weighted by atomic mass is 32.2. The lowest BCUT2D eigenvalue weighted by Crippen LogP contribution is -2.42. The first-order chi connectivity index (χ1) is 10.9. The van der Waals surface area contributed by atoms with E-state index >= 15 is 0 Å². The second-order valence-corrected chi connectivity index (χ2v) is 9.15. The highest BCUT2D eigenvalue weighted by Gasteiger charge is 2.26. The topological polar surface area (TPSA) is 78.8 Å². The van der Waals surface area contributed by atoms with Crippen molar-refractivity contribution in [2.45, 2.75) is 33.6 Å². The molecule has 1 N–H and O–H groups in total. The Balaban J connectivity index is 2.43. The summed E-state index contributed by atoms with van der Waals surface area (Å²) >= 11 is 0. The number of carbonyl (C=O) groups is 1. The van der Waals surface area contributed by atoms with Crippen LogP contribution in [0.5, 0.6) is 0 Å². The van der Waals surface area contributed by atoms with E-state index in [1.165, 1.54) is 0 Å². The Morgan fingerprint density at radius 2 is 1.83 bits per heavy atom. The zero-order chi connectivity index (χ0) is 18.5. The van der Waals surface area contributed by atoms with Gasteiger partial charge in [0.25, 0.3) is 0 Å². The van der Waals surface area contributed by atoms with Crippen LogP contribution in [-0.4, -0.2) is 51.3 Å². The summed E-state index contributed by atoms with van der Waals surface area (Å²) in [7, 11) is -3.49. The lowest BCUT2D eigenvalue weighted by atomic mass is 9.93. The molecule has 0 unspecified atom stereocenters. The number of allylic oxidation sites excluding steroid dienone is 1. The number of carbonyl (C=O) groups excluding carboxylic acids is 1. The molecule has 0 spiro atoms. The van der Waals surface area contributed by atoms with Crippen LogP contribution >= 0.6 is 0 Å². The molecular weight excluding hydrogens is 326 g/mol. The molecule has 136 valence electrons. The van der Waals surface area contributed by atoms with Gasteiger partial charge >= 0.3 is 0 Å². The van der Waals surface area contributed by atoms with Gasteiger partial charge in [0.1, 0.15) is 0 Å². The smallest absolute Gasteiger partial charge is 0.236 e. The maximum absolute atomic E-state index is 11.9. The number of rotatable bonds is 6. The van der Waals surface area contributed by atoms with Gasteiger partial charge in [-0.2, -0.15) is 0 Å². The Bertz CT molecular complexity index is 622. The minimum atomic E-state index is -3.49. The Kier molecular flexibility index (Phi) is 6.92. The standard InChI is InChI=1S/C17H29N3O3S/c1-13(11-18-14(2)17(3,4)5)12-20-9-7-15(8-10-20)16(21)19-24(6,22)23/h11,15H,1-2,7-10,12H2,3-6H3,(H,19,21). The van der Waals surface area contributed by atoms with Gasteiger partial charge in [-0.15, -0.1) is 0 Å². The summed E-state index contributed by atoms with van der Waals surface area (Å²) in [5.74, 6) is -0.655. The fraction of sp³-hybridized carbons (Fsp3) is 0.647. The molecule has 1 heterocycles. The van der Waals surface area contributed by atoms with Crippen LogP contribution in [0, 0.1) is 11.3 Å². The number of nitrogens with one attached hydrogen (secondary N) is 1. The molecule has 0 bridgehead atoms. The van der Waals surface area contributed by atoms with E-state index in [2.05, 4.69) is 48.5 Å². The molecule has 7 heteroatoms. The van der Waals surface area contributed by atoms with Crippen molar-refractivity contribution in [3.8, 4) is 0 Å². The van der Waals surface area contributed by atoms with Crippen molar-refractivity contribution in [3.63, 3.8) is 0 Å². The number of hydrogen-bond acceptors (Lipinski definition) is 5. The van der Waals surface area contributed by atoms with E-state index in [0.717, 1.165) is 30.6 Å². The molecule has 24 heavy (non-hydrogen) atoms. The molecule has 1 fully saturated rings. The predicted octanol–water partition coefficient (Wildman–Crippen LogP) is 1.96. The second-order valence-electron chi connectivity index (χ2n) is 7.40. The molecule has 1 aliphatic heterocycles. The Morgan fingerprint density at radius 1 is 1.29 bits per heavy atom. The second kappa shape index (κ2) is 8.07. The quantitative estimate of drug-likeness (QED) is 0.739. The number of sulfonamides is 1. The zero-order valence-corrected chi connectivity index (χ0v) is 15.9. The summed E-state index contributed by atoms with van der Waals surface area (Å²) in [6.45, 7) is 16.3. The monoisotopic (exact) mass is 355 g/mol. The number of piperidine rings is 1. The van der Waals surface area contributed by atoms with Crippen molar-refractivity contribution in [1.29, 1.82) is 0 Å². The summed E-state index contributed by atoms with van der Waals surface area (Å²) < 4.78 is 24.3. The number of likely N-dealkylation sites (tertiary alicyclic amines) is 1. The van der Waals surface area contributed by atoms with Crippen molar-refractivity contribution >= 4 is 22.1 Å². The molecule has 6 nitrogen and oxygen atoms in total. The fourth-order valence-corrected chi connectivity index (χ4v) is 2.84. The number of hydrogen-bond donors (Lipinski definition) is 1. The average Bonchev–Trinajstić information content (AvgIpc) is 2.42. The summed E-state index contributed by atoms with van der Waals surface area (Å²) in [6, 6.07) is 0. The summed E-state index contributed by atoms with van der Waals surface area (Å²) in [5.41, 5.74) is 1.63. The van der Waals surface area contributed by atoms with Gasteiger partial charge in [-0.05, 0) is 31.5 Å². The average molecular weight is 356 g/mol. The summed E-state index contributed by atoms with van der Waals surface area (Å²) in [4.78, 5) is 18.4. The molecule has 1 saturated heterocycles. The largest absolute Gasteiger partial charge is 0.299 e. The van der Waals surface area contributed by atoms with Crippen LogP contribution in [0.15, 0.2) is 29.4 Å². The van der Waals surface area contributed by atoms with Crippen LogP contribution in [0.1, 0.15) is 33.6 Å². The first kappa shape index (κ1) is 20.6. The van der Waals surface area contributed by atoms with Gasteiger partial charge < -0.3 is 0 Å². The van der Waals surface area contributed by atoms with Crippen LogP contribution in [0.4, 0.5) is 0 Å². The molecular formula is C17H29N3O3S. The molecule has 0 aromatic heterocycles. The van der Waals surface area contributed by atoms with E-state index in [1.807, 2.05) is 0 Å². The molecule has 1 amide bonds. The van der Waals surface area contributed by atoms with Crippen LogP contribution in [0.3, 0.4) is 0 Å². The van der Waals surface area contributed by atoms with Gasteiger partial charge in [-0.1, -0.05) is 33.9 Å². The number of amides is 1. The van der Waals surface area contributed by atoms with Crippen LogP contribution in [-0.2, 0) is 14.8 Å². The zero-order valence-electron chi connectivity index (χ0n) is 15.1. The normalized spacial score (nSPS) is 17.8. The minimum Gasteiger partial charge on any atom is -0.299 e. The molecule has 0 aromatic rings. The SMILES string of the molecule is C=C(C=NC(=C)C(C)(C)C)CN1CCC(C(=O)NS(C)(=O)=O)CC1. The third-order valence-corrected chi connectivity index (χ3v) is 4.51. The molecule has 0 saturated carbocycles. The van der Waals surface area contributed by atoms with Gasteiger partial charge in [0.2, 0.25) is 15.9 Å². The van der Waals surface area contributed by atoms with Gasteiger partial charge in [0.05, 0.1) is 6.26 Å². The van der Waals surface area contributed by atoms with Crippen LogP contribution < -0.4 is 4.72 Å². The predicted molar refractivity (Wildman–Crippen MR) is 98.4 cm³/mol. The van der Waals surface area contributed by atoms with E-state index in [9.17, 15) is 13.2 Å². The molecule has 0 aromatic carbocycles. The molecule has 1 rings (SSSR count). The number of aliphatic imine (C=N–C) groups is 1. The van der Waals surface area contributed by atoms with Crippen LogP contribution in [0.2, 0.25) is 0 Å². The van der Waals surface area contributed by atoms with Crippen molar-refractivity contribution < 1.29 is 13.2 Å². The summed E-state index contributed by atoms with van der Waals surface area (Å²) in [5, 5.41) is 0. The lowest BCUT2D eigenvalue weighted by Gasteiger charge is -2.31. The maximum atomic E-state index is 11.9. The van der Waals surface area contributed by atoms with Crippen LogP contribution in [0.25, 0.3) is 0 Å². The molecule has 0 radical (unpaired) electrons. The van der Waals surface area contributed by atoms with Gasteiger partial charge in [-0.3, -0.25) is 19.4 Å². The molecule has 0 aliphatic carbocycles.